The number of esters is 1. The minimum absolute atomic E-state index is 0.242. The predicted octanol–water partition coefficient (Wildman–Crippen LogP) is 1.96. The molecule has 1 spiro atoms. The molecule has 0 radical (unpaired) electrons. The second-order valence-electron chi connectivity index (χ2n) is 5.94. The molecule has 1 heterocycles. The van der Waals surface area contributed by atoms with E-state index in [1.807, 2.05) is 6.92 Å². The molecule has 0 amide bonds. The SMILES string of the molecule is CCOC(=O)C1C(C)OC(N)C(C#N)C12CCCCC2. The van der Waals surface area contributed by atoms with Crippen LogP contribution in [0.25, 0.3) is 0 Å². The summed E-state index contributed by atoms with van der Waals surface area (Å²) in [6.07, 6.45) is 4.03. The molecular formula is C15H24N2O3. The molecule has 1 saturated carbocycles. The van der Waals surface area contributed by atoms with Crippen molar-refractivity contribution in [3.05, 3.63) is 0 Å². The van der Waals surface area contributed by atoms with Crippen molar-refractivity contribution in [1.29, 1.82) is 5.26 Å². The molecule has 5 nitrogen and oxygen atoms in total. The van der Waals surface area contributed by atoms with E-state index < -0.39 is 12.1 Å². The van der Waals surface area contributed by atoms with Crippen molar-refractivity contribution in [1.82, 2.24) is 0 Å². The monoisotopic (exact) mass is 280 g/mol. The lowest BCUT2D eigenvalue weighted by atomic mass is 9.56. The largest absolute Gasteiger partial charge is 0.466 e. The Bertz CT molecular complexity index is 398. The second kappa shape index (κ2) is 6.11. The summed E-state index contributed by atoms with van der Waals surface area (Å²) < 4.78 is 10.9. The number of carbonyl (C=O) groups is 1. The first-order chi connectivity index (χ1) is 9.56. The summed E-state index contributed by atoms with van der Waals surface area (Å²) in [5.74, 6) is -1.06. The normalized spacial score (nSPS) is 36.3. The van der Waals surface area contributed by atoms with Crippen molar-refractivity contribution in [2.45, 2.75) is 58.3 Å². The average molecular weight is 280 g/mol. The molecule has 1 aliphatic heterocycles. The fourth-order valence-corrected chi connectivity index (χ4v) is 4.09. The topological polar surface area (TPSA) is 85.3 Å². The Morgan fingerprint density at radius 2 is 2.10 bits per heavy atom. The number of carbonyl (C=O) groups excluding carboxylic acids is 1. The molecule has 0 aromatic rings. The molecule has 5 heteroatoms. The van der Waals surface area contributed by atoms with Gasteiger partial charge in [0.1, 0.15) is 6.23 Å². The van der Waals surface area contributed by atoms with Gasteiger partial charge in [0.2, 0.25) is 0 Å². The number of hydrogen-bond acceptors (Lipinski definition) is 5. The Morgan fingerprint density at radius 3 is 2.65 bits per heavy atom. The molecular weight excluding hydrogens is 256 g/mol. The van der Waals surface area contributed by atoms with Gasteiger partial charge in [0.05, 0.1) is 30.6 Å². The lowest BCUT2D eigenvalue weighted by Crippen LogP contribution is -2.60. The van der Waals surface area contributed by atoms with Crippen LogP contribution in [0.1, 0.15) is 46.0 Å². The zero-order chi connectivity index (χ0) is 14.8. The Kier molecular flexibility index (Phi) is 4.66. The van der Waals surface area contributed by atoms with Crippen molar-refractivity contribution >= 4 is 5.97 Å². The minimum Gasteiger partial charge on any atom is -0.466 e. The molecule has 1 saturated heterocycles. The number of nitriles is 1. The van der Waals surface area contributed by atoms with Gasteiger partial charge in [-0.1, -0.05) is 19.3 Å². The fourth-order valence-electron chi connectivity index (χ4n) is 4.09. The highest BCUT2D eigenvalue weighted by Gasteiger charge is 2.57. The third-order valence-electron chi connectivity index (χ3n) is 4.87. The number of rotatable bonds is 2. The van der Waals surface area contributed by atoms with Gasteiger partial charge in [0.15, 0.2) is 0 Å². The summed E-state index contributed by atoms with van der Waals surface area (Å²) in [7, 11) is 0. The third kappa shape index (κ3) is 2.43. The molecule has 112 valence electrons. The smallest absolute Gasteiger partial charge is 0.312 e. The van der Waals surface area contributed by atoms with Crippen LogP contribution in [0, 0.1) is 28.6 Å². The van der Waals surface area contributed by atoms with Gasteiger partial charge in [0, 0.05) is 5.41 Å². The fraction of sp³-hybridized carbons (Fsp3) is 0.867. The maximum atomic E-state index is 12.4. The van der Waals surface area contributed by atoms with Crippen LogP contribution in [0.4, 0.5) is 0 Å². The van der Waals surface area contributed by atoms with E-state index in [0.29, 0.717) is 6.61 Å². The van der Waals surface area contributed by atoms with Crippen molar-refractivity contribution in [2.24, 2.45) is 23.0 Å². The van der Waals surface area contributed by atoms with Gasteiger partial charge in [-0.2, -0.15) is 5.26 Å². The minimum atomic E-state index is -0.612. The number of nitrogens with zero attached hydrogens (tertiary/aromatic N) is 1. The highest BCUT2D eigenvalue weighted by molar-refractivity contribution is 5.74. The van der Waals surface area contributed by atoms with E-state index in [1.54, 1.807) is 6.92 Å². The Morgan fingerprint density at radius 1 is 1.45 bits per heavy atom. The number of hydrogen-bond donors (Lipinski definition) is 1. The molecule has 0 bridgehead atoms. The third-order valence-corrected chi connectivity index (χ3v) is 4.87. The van der Waals surface area contributed by atoms with Gasteiger partial charge in [-0.05, 0) is 26.7 Å². The molecule has 1 aliphatic carbocycles. The first kappa shape index (κ1) is 15.3. The zero-order valence-electron chi connectivity index (χ0n) is 12.3. The van der Waals surface area contributed by atoms with Crippen molar-refractivity contribution < 1.29 is 14.3 Å². The summed E-state index contributed by atoms with van der Waals surface area (Å²) in [6.45, 7) is 4.01. The Hall–Kier alpha value is -1.12. The molecule has 4 atom stereocenters. The molecule has 2 aliphatic rings. The van der Waals surface area contributed by atoms with Gasteiger partial charge >= 0.3 is 5.97 Å². The summed E-state index contributed by atoms with van der Waals surface area (Å²) in [5.41, 5.74) is 5.65. The molecule has 2 N–H and O–H groups in total. The van der Waals surface area contributed by atoms with Crippen LogP contribution < -0.4 is 5.73 Å². The summed E-state index contributed by atoms with van der Waals surface area (Å²) >= 11 is 0. The van der Waals surface area contributed by atoms with Crippen LogP contribution in [-0.4, -0.2) is 24.9 Å². The van der Waals surface area contributed by atoms with Crippen molar-refractivity contribution in [3.63, 3.8) is 0 Å². The average Bonchev–Trinajstić information content (AvgIpc) is 2.39. The summed E-state index contributed by atoms with van der Waals surface area (Å²) in [4.78, 5) is 12.4. The first-order valence-electron chi connectivity index (χ1n) is 7.54. The number of ether oxygens (including phenoxy) is 2. The lowest BCUT2D eigenvalue weighted by Gasteiger charge is -2.52. The molecule has 20 heavy (non-hydrogen) atoms. The lowest BCUT2D eigenvalue weighted by molar-refractivity contribution is -0.199. The van der Waals surface area contributed by atoms with Crippen LogP contribution in [0.5, 0.6) is 0 Å². The van der Waals surface area contributed by atoms with Crippen molar-refractivity contribution in [3.8, 4) is 6.07 Å². The van der Waals surface area contributed by atoms with E-state index in [4.69, 9.17) is 15.2 Å². The highest BCUT2D eigenvalue weighted by atomic mass is 16.5. The maximum absolute atomic E-state index is 12.4. The van der Waals surface area contributed by atoms with Crippen molar-refractivity contribution in [2.75, 3.05) is 6.61 Å². The Balaban J connectivity index is 2.38. The van der Waals surface area contributed by atoms with Crippen LogP contribution in [0.2, 0.25) is 0 Å². The van der Waals surface area contributed by atoms with Crippen LogP contribution in [0.3, 0.4) is 0 Å². The van der Waals surface area contributed by atoms with Gasteiger partial charge in [-0.3, -0.25) is 4.79 Å². The highest BCUT2D eigenvalue weighted by Crippen LogP contribution is 2.53. The van der Waals surface area contributed by atoms with Crippen LogP contribution >= 0.6 is 0 Å². The van der Waals surface area contributed by atoms with E-state index in [2.05, 4.69) is 6.07 Å². The molecule has 2 fully saturated rings. The first-order valence-corrected chi connectivity index (χ1v) is 7.54. The standard InChI is InChI=1S/C15H24N2O3/c1-3-19-14(18)12-10(2)20-13(17)11(9-16)15(12)7-5-4-6-8-15/h10-13H,3-8,17H2,1-2H3. The van der Waals surface area contributed by atoms with E-state index in [1.165, 1.54) is 0 Å². The van der Waals surface area contributed by atoms with Gasteiger partial charge in [-0.15, -0.1) is 0 Å². The molecule has 0 aromatic heterocycles. The quantitative estimate of drug-likeness (QED) is 0.781. The van der Waals surface area contributed by atoms with E-state index in [-0.39, 0.29) is 23.4 Å². The molecule has 0 aromatic carbocycles. The van der Waals surface area contributed by atoms with E-state index in [9.17, 15) is 10.1 Å². The van der Waals surface area contributed by atoms with Crippen LogP contribution in [-0.2, 0) is 14.3 Å². The molecule has 4 unspecified atom stereocenters. The maximum Gasteiger partial charge on any atom is 0.312 e. The van der Waals surface area contributed by atoms with E-state index >= 15 is 0 Å². The van der Waals surface area contributed by atoms with Crippen LogP contribution in [0.15, 0.2) is 0 Å². The summed E-state index contributed by atoms with van der Waals surface area (Å²) in [5, 5.41) is 9.53. The van der Waals surface area contributed by atoms with E-state index in [0.717, 1.165) is 32.1 Å². The van der Waals surface area contributed by atoms with Gasteiger partial charge in [-0.25, -0.2) is 0 Å². The van der Waals surface area contributed by atoms with Gasteiger partial charge < -0.3 is 15.2 Å². The Labute approximate surface area is 120 Å². The zero-order valence-corrected chi connectivity index (χ0v) is 12.3. The number of nitrogens with two attached hydrogens (primary N) is 1. The second-order valence-corrected chi connectivity index (χ2v) is 5.94. The summed E-state index contributed by atoms with van der Waals surface area (Å²) in [6, 6.07) is 2.30. The van der Waals surface area contributed by atoms with Gasteiger partial charge in [0.25, 0.3) is 0 Å². The molecule has 2 rings (SSSR count). The predicted molar refractivity (Wildman–Crippen MR) is 73.3 cm³/mol.